The molecule has 0 fully saturated rings. The first-order valence-corrected chi connectivity index (χ1v) is 9.43. The number of carbonyl (C=O) groups excluding carboxylic acids is 3. The van der Waals surface area contributed by atoms with Gasteiger partial charge in [-0.1, -0.05) is 30.3 Å². The number of aliphatic hydroxyl groups excluding tert-OH is 1. The third-order valence-corrected chi connectivity index (χ3v) is 4.30. The molecule has 144 valence electrons. The summed E-state index contributed by atoms with van der Waals surface area (Å²) in [6.07, 6.45) is 0.409. The number of hydrogen-bond acceptors (Lipinski definition) is 6. The fraction of sp³-hybridized carbons (Fsp3) is 0.471. The molecule has 0 aliphatic rings. The summed E-state index contributed by atoms with van der Waals surface area (Å²) >= 11 is 1.41. The standard InChI is InChI=1S/C17H26N4O4S/c1-21(2)17(25)14(11-7-5-4-6-8-11)20-13(22)9-19-16(24)15(23)12(18)10-26-3/h4-8,12,14-15,23H,9-10,18H2,1-3H3,(H,19,24)(H,20,22)/t12?,14-,15?/m0/s1. The maximum absolute atomic E-state index is 12.4. The van der Waals surface area contributed by atoms with Crippen LogP contribution in [-0.2, 0) is 14.4 Å². The highest BCUT2D eigenvalue weighted by molar-refractivity contribution is 7.98. The molecular weight excluding hydrogens is 356 g/mol. The second kappa shape index (κ2) is 10.8. The van der Waals surface area contributed by atoms with E-state index >= 15 is 0 Å². The van der Waals surface area contributed by atoms with Gasteiger partial charge in [0, 0.05) is 25.9 Å². The molecule has 5 N–H and O–H groups in total. The van der Waals surface area contributed by atoms with Gasteiger partial charge in [0.2, 0.25) is 11.8 Å². The van der Waals surface area contributed by atoms with Crippen LogP contribution in [0.5, 0.6) is 0 Å². The number of hydrogen-bond donors (Lipinski definition) is 4. The predicted octanol–water partition coefficient (Wildman–Crippen LogP) is -0.900. The van der Waals surface area contributed by atoms with E-state index in [4.69, 9.17) is 5.73 Å². The lowest BCUT2D eigenvalue weighted by atomic mass is 10.1. The van der Waals surface area contributed by atoms with E-state index < -0.39 is 30.0 Å². The van der Waals surface area contributed by atoms with Crippen LogP contribution in [0.25, 0.3) is 0 Å². The fourth-order valence-corrected chi connectivity index (χ4v) is 2.72. The molecule has 3 atom stereocenters. The third kappa shape index (κ3) is 6.66. The Hall–Kier alpha value is -2.10. The van der Waals surface area contributed by atoms with Crippen LogP contribution in [0.1, 0.15) is 11.6 Å². The highest BCUT2D eigenvalue weighted by Crippen LogP contribution is 2.14. The molecule has 1 rings (SSSR count). The van der Waals surface area contributed by atoms with Crippen molar-refractivity contribution in [2.75, 3.05) is 32.6 Å². The van der Waals surface area contributed by atoms with Crippen molar-refractivity contribution in [3.05, 3.63) is 35.9 Å². The minimum absolute atomic E-state index is 0.294. The summed E-state index contributed by atoms with van der Waals surface area (Å²) in [6, 6.07) is 7.22. The molecule has 0 radical (unpaired) electrons. The van der Waals surface area contributed by atoms with Crippen molar-refractivity contribution in [1.82, 2.24) is 15.5 Å². The number of amides is 3. The van der Waals surface area contributed by atoms with Gasteiger partial charge in [-0.2, -0.15) is 11.8 Å². The molecule has 9 heteroatoms. The van der Waals surface area contributed by atoms with Gasteiger partial charge in [-0.3, -0.25) is 14.4 Å². The van der Waals surface area contributed by atoms with Crippen LogP contribution in [0.15, 0.2) is 30.3 Å². The third-order valence-electron chi connectivity index (χ3n) is 3.58. The van der Waals surface area contributed by atoms with Gasteiger partial charge < -0.3 is 26.4 Å². The lowest BCUT2D eigenvalue weighted by Crippen LogP contribution is -2.50. The number of nitrogens with zero attached hydrogens (tertiary/aromatic N) is 1. The maximum atomic E-state index is 12.4. The Labute approximate surface area is 157 Å². The molecule has 0 aliphatic heterocycles. The number of aliphatic hydroxyl groups is 1. The molecule has 0 bridgehead atoms. The Bertz CT molecular complexity index is 612. The number of benzene rings is 1. The Morgan fingerprint density at radius 3 is 2.38 bits per heavy atom. The fourth-order valence-electron chi connectivity index (χ4n) is 2.15. The van der Waals surface area contributed by atoms with E-state index in [9.17, 15) is 19.5 Å². The molecule has 0 saturated heterocycles. The van der Waals surface area contributed by atoms with Crippen molar-refractivity contribution in [3.63, 3.8) is 0 Å². The van der Waals surface area contributed by atoms with Crippen LogP contribution in [0.2, 0.25) is 0 Å². The predicted molar refractivity (Wildman–Crippen MR) is 101 cm³/mol. The summed E-state index contributed by atoms with van der Waals surface area (Å²) in [4.78, 5) is 37.7. The Balaban J connectivity index is 2.67. The Morgan fingerprint density at radius 1 is 1.23 bits per heavy atom. The smallest absolute Gasteiger partial charge is 0.250 e. The van der Waals surface area contributed by atoms with E-state index in [0.29, 0.717) is 11.3 Å². The first-order valence-electron chi connectivity index (χ1n) is 8.03. The SMILES string of the molecule is CSCC(N)C(O)C(=O)NCC(=O)N[C@H](C(=O)N(C)C)c1ccccc1. The van der Waals surface area contributed by atoms with Crippen LogP contribution >= 0.6 is 11.8 Å². The number of rotatable bonds is 9. The normalized spacial score (nSPS) is 14.0. The lowest BCUT2D eigenvalue weighted by Gasteiger charge is -2.22. The number of likely N-dealkylation sites (N-methyl/N-ethyl adjacent to an activating group) is 1. The van der Waals surface area contributed by atoms with Gasteiger partial charge >= 0.3 is 0 Å². The first-order chi connectivity index (χ1) is 12.3. The molecular formula is C17H26N4O4S. The minimum atomic E-state index is -1.40. The summed E-state index contributed by atoms with van der Waals surface area (Å²) in [5.41, 5.74) is 6.31. The van der Waals surface area contributed by atoms with Gasteiger partial charge in [0.25, 0.3) is 5.91 Å². The molecule has 0 aliphatic carbocycles. The minimum Gasteiger partial charge on any atom is -0.382 e. The van der Waals surface area contributed by atoms with Gasteiger partial charge in [0.05, 0.1) is 6.54 Å². The zero-order valence-electron chi connectivity index (χ0n) is 15.1. The molecule has 0 heterocycles. The summed E-state index contributed by atoms with van der Waals surface area (Å²) in [5.74, 6) is -1.16. The number of nitrogens with two attached hydrogens (primary N) is 1. The van der Waals surface area contributed by atoms with Gasteiger partial charge in [-0.05, 0) is 11.8 Å². The number of thioether (sulfide) groups is 1. The largest absolute Gasteiger partial charge is 0.382 e. The number of carbonyl (C=O) groups is 3. The highest BCUT2D eigenvalue weighted by atomic mass is 32.2. The van der Waals surface area contributed by atoms with Crippen molar-refractivity contribution in [3.8, 4) is 0 Å². The second-order valence-electron chi connectivity index (χ2n) is 5.93. The van der Waals surface area contributed by atoms with E-state index in [0.717, 1.165) is 0 Å². The molecule has 0 aromatic heterocycles. The van der Waals surface area contributed by atoms with Gasteiger partial charge in [0.1, 0.15) is 12.1 Å². The average Bonchev–Trinajstić information content (AvgIpc) is 2.63. The molecule has 1 aromatic carbocycles. The first kappa shape index (κ1) is 21.9. The van der Waals surface area contributed by atoms with Gasteiger partial charge in [-0.25, -0.2) is 0 Å². The van der Waals surface area contributed by atoms with Crippen molar-refractivity contribution in [2.45, 2.75) is 18.2 Å². The Kier molecular flexibility index (Phi) is 9.11. The van der Waals surface area contributed by atoms with Crippen molar-refractivity contribution >= 4 is 29.5 Å². The second-order valence-corrected chi connectivity index (χ2v) is 6.84. The topological polar surface area (TPSA) is 125 Å². The van der Waals surface area contributed by atoms with Crippen LogP contribution in [0.3, 0.4) is 0 Å². The van der Waals surface area contributed by atoms with Crippen LogP contribution in [-0.4, -0.2) is 72.5 Å². The van der Waals surface area contributed by atoms with E-state index in [1.807, 2.05) is 12.3 Å². The molecule has 26 heavy (non-hydrogen) atoms. The molecule has 1 aromatic rings. The van der Waals surface area contributed by atoms with Crippen molar-refractivity contribution in [1.29, 1.82) is 0 Å². The van der Waals surface area contributed by atoms with E-state index in [-0.39, 0.29) is 12.5 Å². The van der Waals surface area contributed by atoms with Crippen LogP contribution in [0.4, 0.5) is 0 Å². The summed E-state index contributed by atoms with van der Waals surface area (Å²) in [6.45, 7) is -0.369. The zero-order valence-corrected chi connectivity index (χ0v) is 16.0. The quantitative estimate of drug-likeness (QED) is 0.439. The van der Waals surface area contributed by atoms with Crippen molar-refractivity contribution in [2.24, 2.45) is 5.73 Å². The molecule has 0 saturated carbocycles. The molecule has 0 spiro atoms. The van der Waals surface area contributed by atoms with Crippen LogP contribution in [0, 0.1) is 0 Å². The Morgan fingerprint density at radius 2 is 1.85 bits per heavy atom. The van der Waals surface area contributed by atoms with E-state index in [1.54, 1.807) is 38.4 Å². The summed E-state index contributed by atoms with van der Waals surface area (Å²) < 4.78 is 0. The van der Waals surface area contributed by atoms with E-state index in [1.165, 1.54) is 16.7 Å². The van der Waals surface area contributed by atoms with Crippen molar-refractivity contribution < 1.29 is 19.5 Å². The number of nitrogens with one attached hydrogen (secondary N) is 2. The van der Waals surface area contributed by atoms with Gasteiger partial charge in [-0.15, -0.1) is 0 Å². The molecule has 8 nitrogen and oxygen atoms in total. The zero-order chi connectivity index (χ0) is 19.7. The summed E-state index contributed by atoms with van der Waals surface area (Å²) in [5, 5.41) is 14.7. The molecule has 3 amide bonds. The maximum Gasteiger partial charge on any atom is 0.250 e. The van der Waals surface area contributed by atoms with Gasteiger partial charge in [0.15, 0.2) is 0 Å². The van der Waals surface area contributed by atoms with E-state index in [2.05, 4.69) is 10.6 Å². The average molecular weight is 382 g/mol. The lowest BCUT2D eigenvalue weighted by molar-refractivity contribution is -0.135. The highest BCUT2D eigenvalue weighted by Gasteiger charge is 2.26. The summed E-state index contributed by atoms with van der Waals surface area (Å²) in [7, 11) is 3.19. The monoisotopic (exact) mass is 382 g/mol. The molecule has 2 unspecified atom stereocenters. The van der Waals surface area contributed by atoms with Crippen LogP contribution < -0.4 is 16.4 Å².